The van der Waals surface area contributed by atoms with Crippen molar-refractivity contribution in [1.82, 2.24) is 5.16 Å². The Morgan fingerprint density at radius 3 is 2.40 bits per heavy atom. The summed E-state index contributed by atoms with van der Waals surface area (Å²) in [6.45, 7) is 3.66. The van der Waals surface area contributed by atoms with Crippen molar-refractivity contribution >= 4 is 5.78 Å². The van der Waals surface area contributed by atoms with Gasteiger partial charge >= 0.3 is 0 Å². The first kappa shape index (κ1) is 9.65. The van der Waals surface area contributed by atoms with Gasteiger partial charge in [-0.3, -0.25) is 4.79 Å². The van der Waals surface area contributed by atoms with Gasteiger partial charge in [0.1, 0.15) is 0 Å². The molecule has 3 heteroatoms. The van der Waals surface area contributed by atoms with E-state index in [9.17, 15) is 4.79 Å². The van der Waals surface area contributed by atoms with Crippen molar-refractivity contribution in [1.29, 1.82) is 0 Å². The number of nitrogens with zero attached hydrogens (tertiary/aromatic N) is 1. The van der Waals surface area contributed by atoms with Crippen LogP contribution in [0.4, 0.5) is 0 Å². The van der Waals surface area contributed by atoms with E-state index in [2.05, 4.69) is 5.16 Å². The van der Waals surface area contributed by atoms with Crippen molar-refractivity contribution in [3.8, 4) is 0 Å². The number of hydrogen-bond donors (Lipinski definition) is 0. The molecule has 0 amide bonds. The number of aromatic nitrogens is 1. The quantitative estimate of drug-likeness (QED) is 0.701. The Labute approximate surface area is 87.7 Å². The molecule has 0 saturated heterocycles. The van der Waals surface area contributed by atoms with Crippen LogP contribution < -0.4 is 0 Å². The molecule has 0 saturated carbocycles. The van der Waals surface area contributed by atoms with Gasteiger partial charge in [0.25, 0.3) is 0 Å². The van der Waals surface area contributed by atoms with Crippen LogP contribution >= 0.6 is 0 Å². The highest BCUT2D eigenvalue weighted by molar-refractivity contribution is 6.07. The van der Waals surface area contributed by atoms with Gasteiger partial charge in [0.2, 0.25) is 11.5 Å². The summed E-state index contributed by atoms with van der Waals surface area (Å²) >= 11 is 0. The van der Waals surface area contributed by atoms with E-state index < -0.39 is 0 Å². The predicted octanol–water partition coefficient (Wildman–Crippen LogP) is 2.52. The number of rotatable bonds is 2. The highest BCUT2D eigenvalue weighted by atomic mass is 16.5. The maximum absolute atomic E-state index is 11.9. The fraction of sp³-hybridized carbons (Fsp3) is 0.167. The van der Waals surface area contributed by atoms with E-state index in [-0.39, 0.29) is 5.78 Å². The van der Waals surface area contributed by atoms with Crippen LogP contribution in [-0.4, -0.2) is 10.9 Å². The summed E-state index contributed by atoms with van der Waals surface area (Å²) < 4.78 is 5.01. The molecule has 2 aromatic rings. The molecule has 0 N–H and O–H groups in total. The zero-order valence-corrected chi connectivity index (χ0v) is 8.65. The fourth-order valence-corrected chi connectivity index (χ4v) is 1.35. The van der Waals surface area contributed by atoms with Crippen molar-refractivity contribution in [2.75, 3.05) is 0 Å². The van der Waals surface area contributed by atoms with Gasteiger partial charge in [-0.2, -0.15) is 0 Å². The Kier molecular flexibility index (Phi) is 2.37. The zero-order chi connectivity index (χ0) is 10.8. The smallest absolute Gasteiger partial charge is 0.231 e. The predicted molar refractivity (Wildman–Crippen MR) is 55.9 cm³/mol. The molecule has 0 aliphatic heterocycles. The second-order valence-corrected chi connectivity index (χ2v) is 3.42. The molecule has 0 unspecified atom stereocenters. The lowest BCUT2D eigenvalue weighted by Crippen LogP contribution is -2.01. The number of ketones is 1. The monoisotopic (exact) mass is 201 g/mol. The Hall–Kier alpha value is -1.90. The first-order valence-electron chi connectivity index (χ1n) is 4.73. The Morgan fingerprint density at radius 1 is 1.20 bits per heavy atom. The van der Waals surface area contributed by atoms with Gasteiger partial charge in [-0.25, -0.2) is 0 Å². The average Bonchev–Trinajstić information content (AvgIpc) is 2.60. The maximum atomic E-state index is 11.9. The van der Waals surface area contributed by atoms with Crippen molar-refractivity contribution < 1.29 is 9.32 Å². The minimum atomic E-state index is -0.117. The molecule has 1 heterocycles. The van der Waals surface area contributed by atoms with Gasteiger partial charge in [0, 0.05) is 11.1 Å². The molecule has 0 aliphatic rings. The zero-order valence-electron chi connectivity index (χ0n) is 8.65. The highest BCUT2D eigenvalue weighted by Crippen LogP contribution is 2.16. The summed E-state index contributed by atoms with van der Waals surface area (Å²) in [7, 11) is 0. The number of benzene rings is 1. The summed E-state index contributed by atoms with van der Waals surface area (Å²) in [5.74, 6) is 0.215. The topological polar surface area (TPSA) is 43.1 Å². The summed E-state index contributed by atoms with van der Waals surface area (Å²) in [5.41, 5.74) is 2.19. The van der Waals surface area contributed by atoms with Crippen LogP contribution in [0.2, 0.25) is 0 Å². The number of hydrogen-bond acceptors (Lipinski definition) is 3. The van der Waals surface area contributed by atoms with E-state index in [1.54, 1.807) is 12.1 Å². The van der Waals surface area contributed by atoms with E-state index in [0.717, 1.165) is 11.3 Å². The summed E-state index contributed by atoms with van der Waals surface area (Å²) in [4.78, 5) is 11.9. The van der Waals surface area contributed by atoms with Crippen LogP contribution in [0.25, 0.3) is 0 Å². The molecule has 2 rings (SSSR count). The third-order valence-electron chi connectivity index (χ3n) is 2.40. The number of carbonyl (C=O) groups excluding carboxylic acids is 1. The number of aryl methyl sites for hydroxylation is 1. The SMILES string of the molecule is Cc1noc(C(=O)c2ccccc2)c1C. The fourth-order valence-electron chi connectivity index (χ4n) is 1.35. The lowest BCUT2D eigenvalue weighted by molar-refractivity contribution is 0.0999. The lowest BCUT2D eigenvalue weighted by atomic mass is 10.1. The first-order chi connectivity index (χ1) is 7.20. The van der Waals surface area contributed by atoms with E-state index in [0.29, 0.717) is 11.3 Å². The van der Waals surface area contributed by atoms with Crippen molar-refractivity contribution in [3.63, 3.8) is 0 Å². The minimum Gasteiger partial charge on any atom is -0.352 e. The molecule has 0 fully saturated rings. The summed E-state index contributed by atoms with van der Waals surface area (Å²) in [6.07, 6.45) is 0. The molecule has 0 atom stereocenters. The van der Waals surface area contributed by atoms with Crippen LogP contribution in [-0.2, 0) is 0 Å². The molecule has 0 spiro atoms. The second-order valence-electron chi connectivity index (χ2n) is 3.42. The molecule has 15 heavy (non-hydrogen) atoms. The van der Waals surface area contributed by atoms with Gasteiger partial charge in [0.15, 0.2) is 0 Å². The third kappa shape index (κ3) is 1.68. The van der Waals surface area contributed by atoms with Gasteiger partial charge in [-0.15, -0.1) is 0 Å². The van der Waals surface area contributed by atoms with Crippen molar-refractivity contribution in [3.05, 3.63) is 52.9 Å². The molecule has 76 valence electrons. The average molecular weight is 201 g/mol. The molecule has 1 aromatic carbocycles. The van der Waals surface area contributed by atoms with E-state index >= 15 is 0 Å². The molecule has 3 nitrogen and oxygen atoms in total. The van der Waals surface area contributed by atoms with Gasteiger partial charge in [-0.1, -0.05) is 35.5 Å². The van der Waals surface area contributed by atoms with Crippen LogP contribution in [0.15, 0.2) is 34.9 Å². The molecular formula is C12H11NO2. The maximum Gasteiger partial charge on any atom is 0.231 e. The minimum absolute atomic E-state index is 0.117. The van der Waals surface area contributed by atoms with Crippen LogP contribution in [0, 0.1) is 13.8 Å². The molecule has 0 aliphatic carbocycles. The van der Waals surface area contributed by atoms with Gasteiger partial charge in [0.05, 0.1) is 5.69 Å². The van der Waals surface area contributed by atoms with E-state index in [1.165, 1.54) is 0 Å². The standard InChI is InChI=1S/C12H11NO2/c1-8-9(2)13-15-12(8)11(14)10-6-4-3-5-7-10/h3-7H,1-2H3. The highest BCUT2D eigenvalue weighted by Gasteiger charge is 2.17. The Morgan fingerprint density at radius 2 is 1.87 bits per heavy atom. The largest absolute Gasteiger partial charge is 0.352 e. The molecule has 0 radical (unpaired) electrons. The first-order valence-corrected chi connectivity index (χ1v) is 4.73. The Balaban J connectivity index is 2.42. The normalized spacial score (nSPS) is 10.3. The van der Waals surface area contributed by atoms with E-state index in [1.807, 2.05) is 32.0 Å². The molecule has 1 aromatic heterocycles. The molecular weight excluding hydrogens is 190 g/mol. The van der Waals surface area contributed by atoms with Gasteiger partial charge in [-0.05, 0) is 13.8 Å². The van der Waals surface area contributed by atoms with Gasteiger partial charge < -0.3 is 4.52 Å². The lowest BCUT2D eigenvalue weighted by Gasteiger charge is -1.96. The second kappa shape index (κ2) is 3.69. The third-order valence-corrected chi connectivity index (χ3v) is 2.40. The van der Waals surface area contributed by atoms with Crippen LogP contribution in [0.5, 0.6) is 0 Å². The molecule has 0 bridgehead atoms. The Bertz CT molecular complexity index is 486. The van der Waals surface area contributed by atoms with E-state index in [4.69, 9.17) is 4.52 Å². The number of carbonyl (C=O) groups is 1. The summed E-state index contributed by atoms with van der Waals surface area (Å²) in [5, 5.41) is 3.77. The van der Waals surface area contributed by atoms with Crippen LogP contribution in [0.1, 0.15) is 27.4 Å². The van der Waals surface area contributed by atoms with Crippen molar-refractivity contribution in [2.24, 2.45) is 0 Å². The summed E-state index contributed by atoms with van der Waals surface area (Å²) in [6, 6.07) is 9.05. The van der Waals surface area contributed by atoms with Crippen LogP contribution in [0.3, 0.4) is 0 Å². The van der Waals surface area contributed by atoms with Crippen molar-refractivity contribution in [2.45, 2.75) is 13.8 Å².